The molecule has 0 saturated carbocycles. The fraction of sp³-hybridized carbons (Fsp3) is 0. The second-order valence-electron chi connectivity index (χ2n) is 6.80. The van der Waals surface area contributed by atoms with Gasteiger partial charge in [-0.25, -0.2) is 8.42 Å². The van der Waals surface area contributed by atoms with Gasteiger partial charge in [0.2, 0.25) is 9.84 Å². The summed E-state index contributed by atoms with van der Waals surface area (Å²) in [5, 5.41) is 1.63. The van der Waals surface area contributed by atoms with E-state index in [4.69, 9.17) is 32.5 Å². The van der Waals surface area contributed by atoms with Gasteiger partial charge >= 0.3 is 0 Å². The lowest BCUT2D eigenvalue weighted by atomic mass is 10.1. The molecule has 4 aromatic carbocycles. The first-order valence-corrected chi connectivity index (χ1v) is 12.7. The molecule has 0 aromatic heterocycles. The van der Waals surface area contributed by atoms with Gasteiger partial charge in [-0.3, -0.25) is 4.55 Å². The molecule has 0 fully saturated rings. The van der Waals surface area contributed by atoms with E-state index in [-0.39, 0.29) is 24.7 Å². The molecule has 6 nitrogen and oxygen atoms in total. The fourth-order valence-electron chi connectivity index (χ4n) is 3.06. The smallest absolute Gasteiger partial charge is 0.294 e. The maximum absolute atomic E-state index is 12.9. The molecule has 0 atom stereocenters. The molecular weight excluding hydrogens is 495 g/mol. The molecule has 1 N–H and O–H groups in total. The Labute approximate surface area is 194 Å². The number of halogens is 2. The van der Waals surface area contributed by atoms with E-state index in [0.717, 1.165) is 0 Å². The minimum atomic E-state index is -4.29. The van der Waals surface area contributed by atoms with Crippen molar-refractivity contribution >= 4 is 53.9 Å². The summed E-state index contributed by atoms with van der Waals surface area (Å²) in [5.74, 6) is 0.862. The molecule has 0 unspecified atom stereocenters. The largest absolute Gasteiger partial charge is 0.457 e. The van der Waals surface area contributed by atoms with Crippen LogP contribution in [-0.2, 0) is 20.0 Å². The van der Waals surface area contributed by atoms with Gasteiger partial charge in [0.1, 0.15) is 11.5 Å². The highest BCUT2D eigenvalue weighted by Crippen LogP contribution is 2.32. The fourth-order valence-corrected chi connectivity index (χ4v) is 5.59. The van der Waals surface area contributed by atoms with Gasteiger partial charge in [-0.15, -0.1) is 0 Å². The summed E-state index contributed by atoms with van der Waals surface area (Å²) in [4.78, 5) is -0.250. The predicted molar refractivity (Wildman–Crippen MR) is 122 cm³/mol. The molecule has 164 valence electrons. The molecule has 0 aliphatic carbocycles. The molecule has 0 amide bonds. The van der Waals surface area contributed by atoms with Gasteiger partial charge < -0.3 is 4.74 Å². The molecule has 32 heavy (non-hydrogen) atoms. The van der Waals surface area contributed by atoms with Gasteiger partial charge in [0.15, 0.2) is 0 Å². The van der Waals surface area contributed by atoms with Crippen molar-refractivity contribution in [2.24, 2.45) is 0 Å². The standard InChI is InChI=1S/C22H14Cl2O6S2/c23-16-3-10-21(24)22(13-16)31(25,26)19-8-5-17(6-9-19)30-18-4-1-15-12-20(32(27,28)29)7-2-14(15)11-18/h1-13H,(H,27,28,29). The average molecular weight is 509 g/mol. The summed E-state index contributed by atoms with van der Waals surface area (Å²) >= 11 is 12.0. The quantitative estimate of drug-likeness (QED) is 0.331. The zero-order valence-corrected chi connectivity index (χ0v) is 19.2. The van der Waals surface area contributed by atoms with E-state index in [1.54, 1.807) is 24.3 Å². The Morgan fingerprint density at radius 1 is 0.656 bits per heavy atom. The minimum Gasteiger partial charge on any atom is -0.457 e. The first kappa shape index (κ1) is 22.6. The maximum Gasteiger partial charge on any atom is 0.294 e. The third kappa shape index (κ3) is 4.60. The Bertz CT molecular complexity index is 1550. The van der Waals surface area contributed by atoms with Crippen LogP contribution in [0.5, 0.6) is 11.5 Å². The summed E-state index contributed by atoms with van der Waals surface area (Å²) in [7, 11) is -8.16. The van der Waals surface area contributed by atoms with Gasteiger partial charge in [-0.2, -0.15) is 8.42 Å². The second kappa shape index (κ2) is 8.38. The summed E-state index contributed by atoms with van der Waals surface area (Å²) in [6.45, 7) is 0. The topological polar surface area (TPSA) is 97.7 Å². The van der Waals surface area contributed by atoms with Crippen LogP contribution in [0.15, 0.2) is 93.5 Å². The Morgan fingerprint density at radius 3 is 1.94 bits per heavy atom. The van der Waals surface area contributed by atoms with Gasteiger partial charge in [0.25, 0.3) is 10.1 Å². The van der Waals surface area contributed by atoms with Crippen molar-refractivity contribution < 1.29 is 26.1 Å². The summed E-state index contributed by atoms with van der Waals surface area (Å²) in [5.41, 5.74) is 0. The van der Waals surface area contributed by atoms with E-state index in [1.807, 2.05) is 0 Å². The van der Waals surface area contributed by atoms with E-state index >= 15 is 0 Å². The predicted octanol–water partition coefficient (Wildman–Crippen LogP) is 6.02. The Morgan fingerprint density at radius 2 is 1.25 bits per heavy atom. The second-order valence-corrected chi connectivity index (χ2v) is 11.0. The molecule has 0 spiro atoms. The number of hydrogen-bond acceptors (Lipinski definition) is 5. The number of fused-ring (bicyclic) bond motifs is 1. The first-order chi connectivity index (χ1) is 15.0. The van der Waals surface area contributed by atoms with Crippen molar-refractivity contribution in [3.8, 4) is 11.5 Å². The summed E-state index contributed by atoms with van der Waals surface area (Å²) in [6.07, 6.45) is 0. The molecule has 0 radical (unpaired) electrons. The summed E-state index contributed by atoms with van der Waals surface area (Å²) < 4.78 is 63.3. The monoisotopic (exact) mass is 508 g/mol. The number of hydrogen-bond donors (Lipinski definition) is 1. The van der Waals surface area contributed by atoms with Gasteiger partial charge in [-0.05, 0) is 77.5 Å². The lowest BCUT2D eigenvalue weighted by Crippen LogP contribution is -2.02. The Balaban J connectivity index is 1.60. The van der Waals surface area contributed by atoms with E-state index in [1.165, 1.54) is 54.6 Å². The Kier molecular flexibility index (Phi) is 5.91. The zero-order valence-electron chi connectivity index (χ0n) is 16.1. The molecule has 0 aliphatic rings. The van der Waals surface area contributed by atoms with E-state index in [9.17, 15) is 16.8 Å². The number of sulfone groups is 1. The van der Waals surface area contributed by atoms with Crippen LogP contribution in [0.3, 0.4) is 0 Å². The highest BCUT2D eigenvalue weighted by molar-refractivity contribution is 7.91. The molecule has 4 rings (SSSR count). The third-order valence-corrected chi connectivity index (χ3v) is 7.97. The first-order valence-electron chi connectivity index (χ1n) is 9.03. The van der Waals surface area contributed by atoms with Gasteiger partial charge in [-0.1, -0.05) is 35.3 Å². The zero-order chi connectivity index (χ0) is 23.1. The van der Waals surface area contributed by atoms with Crippen LogP contribution in [0, 0.1) is 0 Å². The summed E-state index contributed by atoms with van der Waals surface area (Å²) in [6, 6.07) is 19.2. The van der Waals surface area contributed by atoms with Crippen LogP contribution in [0.1, 0.15) is 0 Å². The molecule has 0 heterocycles. The van der Waals surface area contributed by atoms with Crippen molar-refractivity contribution in [3.63, 3.8) is 0 Å². The minimum absolute atomic E-state index is 0.0327. The van der Waals surface area contributed by atoms with Crippen LogP contribution in [0.25, 0.3) is 10.8 Å². The van der Waals surface area contributed by atoms with Crippen LogP contribution in [-0.4, -0.2) is 21.4 Å². The van der Waals surface area contributed by atoms with Crippen molar-refractivity contribution in [3.05, 3.63) is 88.9 Å². The lowest BCUT2D eigenvalue weighted by Gasteiger charge is -2.10. The molecule has 10 heteroatoms. The van der Waals surface area contributed by atoms with E-state index < -0.39 is 20.0 Å². The van der Waals surface area contributed by atoms with Crippen molar-refractivity contribution in [1.29, 1.82) is 0 Å². The van der Waals surface area contributed by atoms with Crippen LogP contribution >= 0.6 is 23.2 Å². The Hall–Kier alpha value is -2.62. The van der Waals surface area contributed by atoms with Crippen LogP contribution in [0.4, 0.5) is 0 Å². The number of rotatable bonds is 5. The lowest BCUT2D eigenvalue weighted by molar-refractivity contribution is 0.482. The highest BCUT2D eigenvalue weighted by Gasteiger charge is 2.21. The number of benzene rings is 4. The molecule has 4 aromatic rings. The number of ether oxygens (including phenoxy) is 1. The van der Waals surface area contributed by atoms with Crippen molar-refractivity contribution in [1.82, 2.24) is 0 Å². The molecule has 0 saturated heterocycles. The molecule has 0 aliphatic heterocycles. The molecule has 0 bridgehead atoms. The van der Waals surface area contributed by atoms with Crippen LogP contribution < -0.4 is 4.74 Å². The van der Waals surface area contributed by atoms with E-state index in [0.29, 0.717) is 22.3 Å². The van der Waals surface area contributed by atoms with Crippen molar-refractivity contribution in [2.45, 2.75) is 14.7 Å². The normalized spacial score (nSPS) is 12.1. The highest BCUT2D eigenvalue weighted by atomic mass is 35.5. The SMILES string of the molecule is O=S(=O)(O)c1ccc2cc(Oc3ccc(S(=O)(=O)c4cc(Cl)ccc4Cl)cc3)ccc2c1. The molecular formula is C22H14Cl2O6S2. The van der Waals surface area contributed by atoms with Crippen LogP contribution in [0.2, 0.25) is 10.0 Å². The average Bonchev–Trinajstić information content (AvgIpc) is 2.74. The third-order valence-electron chi connectivity index (χ3n) is 4.63. The maximum atomic E-state index is 12.9. The van der Waals surface area contributed by atoms with Gasteiger partial charge in [0.05, 0.1) is 19.7 Å². The van der Waals surface area contributed by atoms with Crippen molar-refractivity contribution in [2.75, 3.05) is 0 Å². The van der Waals surface area contributed by atoms with E-state index in [2.05, 4.69) is 0 Å². The van der Waals surface area contributed by atoms with Gasteiger partial charge in [0, 0.05) is 5.02 Å².